The summed E-state index contributed by atoms with van der Waals surface area (Å²) in [7, 11) is 0. The zero-order chi connectivity index (χ0) is 68.2. The van der Waals surface area contributed by atoms with Gasteiger partial charge in [-0.3, -0.25) is 4.79 Å². The van der Waals surface area contributed by atoms with Crippen LogP contribution in [0.4, 0.5) is 0 Å². The fourth-order valence-corrected chi connectivity index (χ4v) is 18.5. The highest BCUT2D eigenvalue weighted by Crippen LogP contribution is 2.70. The molecule has 0 amide bonds. The highest BCUT2D eigenvalue weighted by atomic mass is 16.8. The van der Waals surface area contributed by atoms with Crippen LogP contribution in [0.2, 0.25) is 0 Å². The van der Waals surface area contributed by atoms with E-state index in [9.17, 15) is 96.7 Å². The van der Waals surface area contributed by atoms with Gasteiger partial charge in [0, 0.05) is 30.1 Å². The van der Waals surface area contributed by atoms with Crippen LogP contribution in [0.15, 0.2) is 0 Å². The van der Waals surface area contributed by atoms with E-state index >= 15 is 0 Å². The third-order valence-electron chi connectivity index (χ3n) is 24.1. The molecule has 0 aromatic carbocycles. The topological polar surface area (TPSA) is 510 Å². The molecule has 41 unspecified atom stereocenters. The van der Waals surface area contributed by atoms with Crippen molar-refractivity contribution < 1.29 is 163 Å². The summed E-state index contributed by atoms with van der Waals surface area (Å²) in [4.78, 5) is 14.8. The van der Waals surface area contributed by atoms with Crippen molar-refractivity contribution in [3.8, 4) is 0 Å². The predicted octanol–water partition coefficient (Wildman–Crippen LogP) is -7.44. The van der Waals surface area contributed by atoms with Crippen molar-refractivity contribution in [1.29, 1.82) is 0 Å². The Morgan fingerprint density at radius 3 is 1.51 bits per heavy atom. The molecule has 18 N–H and O–H groups in total. The Labute approximate surface area is 547 Å². The molecule has 1 spiro atoms. The van der Waals surface area contributed by atoms with Gasteiger partial charge in [-0.15, -0.1) is 0 Å². The van der Waals surface area contributed by atoms with E-state index in [0.717, 1.165) is 32.1 Å². The monoisotopic (exact) mass is 1370 g/mol. The Bertz CT molecular complexity index is 2550. The highest BCUT2D eigenvalue weighted by molar-refractivity contribution is 5.87. The van der Waals surface area contributed by atoms with Gasteiger partial charge < -0.3 is 158 Å². The van der Waals surface area contributed by atoms with Gasteiger partial charge in [-0.1, -0.05) is 27.7 Å². The number of aliphatic hydroxyl groups is 18. The second-order valence-corrected chi connectivity index (χ2v) is 29.4. The van der Waals surface area contributed by atoms with Crippen molar-refractivity contribution >= 4 is 5.78 Å². The van der Waals surface area contributed by atoms with Gasteiger partial charge in [-0.25, -0.2) is 0 Å². The summed E-state index contributed by atoms with van der Waals surface area (Å²) in [6.45, 7) is 4.08. The Morgan fingerprint density at radius 1 is 0.453 bits per heavy atom. The molecule has 0 radical (unpaired) electrons. The lowest BCUT2D eigenvalue weighted by molar-refractivity contribution is -0.407. The van der Waals surface area contributed by atoms with Gasteiger partial charge in [0.2, 0.25) is 0 Å². The molecule has 0 aromatic heterocycles. The highest BCUT2D eigenvalue weighted by Gasteiger charge is 2.72. The lowest BCUT2D eigenvalue weighted by atomic mass is 9.44. The van der Waals surface area contributed by atoms with Crippen molar-refractivity contribution in [2.24, 2.45) is 52.3 Å². The van der Waals surface area contributed by atoms with Gasteiger partial charge in [0.15, 0.2) is 43.5 Å². The van der Waals surface area contributed by atoms with Crippen LogP contribution in [0, 0.1) is 52.3 Å². The van der Waals surface area contributed by atoms with Crippen LogP contribution in [0.5, 0.6) is 0 Å². The molecule has 4 aliphatic carbocycles. The van der Waals surface area contributed by atoms with Crippen molar-refractivity contribution in [2.75, 3.05) is 46.2 Å². The van der Waals surface area contributed by atoms with Crippen LogP contribution in [0.3, 0.4) is 0 Å². The molecule has 8 aliphatic heterocycles. The average molecular weight is 1370 g/mol. The minimum Gasteiger partial charge on any atom is -0.394 e. The number of aliphatic hydroxyl groups excluding tert-OH is 18. The van der Waals surface area contributed by atoms with E-state index < -0.39 is 235 Å². The Morgan fingerprint density at radius 2 is 0.947 bits per heavy atom. The fraction of sp³-hybridized carbons (Fsp3) is 0.984. The normalized spacial score (nSPS) is 56.5. The molecule has 8 saturated heterocycles. The van der Waals surface area contributed by atoms with Gasteiger partial charge >= 0.3 is 0 Å². The van der Waals surface area contributed by atoms with E-state index in [1.165, 1.54) is 0 Å². The summed E-state index contributed by atoms with van der Waals surface area (Å²) in [6.07, 6.45) is -49.0. The first-order valence-corrected chi connectivity index (χ1v) is 33.7. The molecule has 4 saturated carbocycles. The molecular weight excluding hydrogens is 1270 g/mol. The first kappa shape index (κ1) is 73.2. The number of rotatable bonds is 17. The summed E-state index contributed by atoms with van der Waals surface area (Å²) < 4.78 is 84.7. The molecule has 0 bridgehead atoms. The smallest absolute Gasteiger partial charge is 0.187 e. The van der Waals surface area contributed by atoms with Crippen molar-refractivity contribution in [3.63, 3.8) is 0 Å². The van der Waals surface area contributed by atoms with Gasteiger partial charge in [0.05, 0.1) is 58.5 Å². The van der Waals surface area contributed by atoms with E-state index in [0.29, 0.717) is 49.9 Å². The Balaban J connectivity index is 0.724. The molecule has 546 valence electrons. The number of carbonyl (C=O) groups is 1. The maximum Gasteiger partial charge on any atom is 0.187 e. The molecule has 41 atom stereocenters. The maximum absolute atomic E-state index is 14.8. The van der Waals surface area contributed by atoms with Crippen LogP contribution in [0.25, 0.3) is 0 Å². The molecule has 33 heteroatoms. The number of hydrogen-bond acceptors (Lipinski definition) is 33. The average Bonchev–Trinajstić information content (AvgIpc) is 1.56. The lowest BCUT2D eigenvalue weighted by Crippen LogP contribution is -2.68. The number of ketones is 1. The second kappa shape index (κ2) is 28.9. The second-order valence-electron chi connectivity index (χ2n) is 29.4. The minimum absolute atomic E-state index is 0.0533. The van der Waals surface area contributed by atoms with E-state index in [1.807, 2.05) is 0 Å². The molecule has 12 aliphatic rings. The van der Waals surface area contributed by atoms with Gasteiger partial charge in [-0.2, -0.15) is 0 Å². The first-order chi connectivity index (χ1) is 45.2. The fourth-order valence-electron chi connectivity index (χ4n) is 18.5. The third-order valence-corrected chi connectivity index (χ3v) is 24.1. The molecule has 8 heterocycles. The van der Waals surface area contributed by atoms with Crippen LogP contribution in [-0.2, 0) is 71.1 Å². The van der Waals surface area contributed by atoms with Crippen molar-refractivity contribution in [1.82, 2.24) is 0 Å². The lowest BCUT2D eigenvalue weighted by Gasteiger charge is -2.60. The number of Topliss-reactive ketones (excluding diaryl/α,β-unsaturated/α-hetero) is 1. The van der Waals surface area contributed by atoms with Crippen molar-refractivity contribution in [2.45, 2.75) is 282 Å². The molecular formula is C62H100O33. The minimum atomic E-state index is -2.20. The van der Waals surface area contributed by atoms with Crippen LogP contribution in [-0.4, -0.2) is 340 Å². The van der Waals surface area contributed by atoms with Crippen molar-refractivity contribution in [3.05, 3.63) is 0 Å². The summed E-state index contributed by atoms with van der Waals surface area (Å²) in [5.41, 5.74) is -0.739. The molecule has 0 aromatic rings. The summed E-state index contributed by atoms with van der Waals surface area (Å²) in [6, 6.07) is 0. The summed E-state index contributed by atoms with van der Waals surface area (Å²) in [5.74, 6) is 0.993. The van der Waals surface area contributed by atoms with Crippen LogP contribution < -0.4 is 0 Å². The predicted molar refractivity (Wildman–Crippen MR) is 308 cm³/mol. The number of hydrogen-bond donors (Lipinski definition) is 18. The van der Waals surface area contributed by atoms with Crippen LogP contribution in [0.1, 0.15) is 85.5 Å². The largest absolute Gasteiger partial charge is 0.394 e. The molecule has 33 nitrogen and oxygen atoms in total. The number of carbonyl (C=O) groups excluding carboxylic acids is 1. The number of fused-ring (bicyclic) bond motifs is 7. The van der Waals surface area contributed by atoms with E-state index in [2.05, 4.69) is 27.7 Å². The van der Waals surface area contributed by atoms with Gasteiger partial charge in [0.25, 0.3) is 0 Å². The third kappa shape index (κ3) is 13.0. The number of ether oxygens (including phenoxy) is 14. The van der Waals surface area contributed by atoms with E-state index in [4.69, 9.17) is 66.3 Å². The van der Waals surface area contributed by atoms with Crippen LogP contribution >= 0.6 is 0 Å². The van der Waals surface area contributed by atoms with Gasteiger partial charge in [-0.05, 0) is 80.0 Å². The molecule has 12 fully saturated rings. The zero-order valence-electron chi connectivity index (χ0n) is 53.4. The Kier molecular flexibility index (Phi) is 22.3. The zero-order valence-corrected chi connectivity index (χ0v) is 53.4. The quantitative estimate of drug-likeness (QED) is 0.0602. The molecule has 12 rings (SSSR count). The molecule has 95 heavy (non-hydrogen) atoms. The van der Waals surface area contributed by atoms with E-state index in [1.54, 1.807) is 0 Å². The van der Waals surface area contributed by atoms with Gasteiger partial charge in [0.1, 0.15) is 146 Å². The maximum atomic E-state index is 14.8. The Hall–Kier alpha value is -1.61. The standard InChI is InChI=1S/C62H100O33/c1-21-7-10-62(83-19-21)22(2)36-29(95-62)12-27-25-6-5-23-11-24(8-9-60(23,3)26(25)13-35(69)61(27,36)4)84-55-46(79)42(75)51(34(18-67)88-55)92-59-53(94-57-45(78)41(74)38(71)31(15-64)86-57)52(39(72)32(16-65)87-59)93-54-48(81)49(28(68)20-82-54)90-58-47(80)43(76)50(33(17-66)89-58)91-56-44(77)40(73)37(70)30(14-63)85-56/h21-34,36-59,63-68,70-81H,5-20H2,1-4H3. The summed E-state index contributed by atoms with van der Waals surface area (Å²) in [5, 5.41) is 197. The first-order valence-electron chi connectivity index (χ1n) is 33.7. The van der Waals surface area contributed by atoms with E-state index in [-0.39, 0.29) is 41.1 Å². The summed E-state index contributed by atoms with van der Waals surface area (Å²) >= 11 is 0. The SMILES string of the molecule is CC1CCC2(OC1)OC1CC3C4CCC5CC(OC6OC(CO)C(OC7OC(CO)C(O)C(OC8OCC(O)C(OC9OC(CO)C(OC%10OC(CO)C(O)C(O)C%10O)C(O)C9O)C8O)C7OC7OC(CO)C(O)C(O)C7O)C(O)C6O)CCC5(C)C4CC(=O)C3(C)C1C2C.